The Labute approximate surface area is 158 Å². The quantitative estimate of drug-likeness (QED) is 0.850. The average Bonchev–Trinajstić information content (AvgIpc) is 3.04. The molecule has 1 aromatic carbocycles. The van der Waals surface area contributed by atoms with E-state index in [0.717, 1.165) is 49.4 Å². The Morgan fingerprint density at radius 3 is 2.88 bits per heavy atom. The lowest BCUT2D eigenvalue weighted by atomic mass is 10.0. The number of amides is 1. The Morgan fingerprint density at radius 2 is 2.08 bits per heavy atom. The van der Waals surface area contributed by atoms with Crippen molar-refractivity contribution < 1.29 is 9.53 Å². The molecule has 0 spiro atoms. The van der Waals surface area contributed by atoms with Crippen molar-refractivity contribution in [3.8, 4) is 5.75 Å². The van der Waals surface area contributed by atoms with Crippen LogP contribution in [0.4, 0.5) is 0 Å². The molecule has 0 radical (unpaired) electrons. The van der Waals surface area contributed by atoms with Crippen LogP contribution in [0, 0.1) is 6.92 Å². The monoisotopic (exact) mass is 377 g/mol. The standard InChI is InChI=1S/C18H23N5O2.ClH/c1-12-17(21-22-23(12)15-6-8-19-9-7-15)18(24)20-14-10-13-4-2-3-5-16(13)25-11-14;/h2-5,14-15,19H,6-11H2,1H3,(H,20,24);1H. The number of nitrogens with one attached hydrogen (secondary N) is 2. The second kappa shape index (κ2) is 8.05. The molecule has 1 atom stereocenters. The first-order valence-corrected chi connectivity index (χ1v) is 8.86. The fourth-order valence-corrected chi connectivity index (χ4v) is 3.62. The van der Waals surface area contributed by atoms with Gasteiger partial charge in [-0.25, -0.2) is 4.68 Å². The van der Waals surface area contributed by atoms with Crippen LogP contribution in [0.25, 0.3) is 0 Å². The minimum atomic E-state index is -0.175. The van der Waals surface area contributed by atoms with Gasteiger partial charge in [-0.2, -0.15) is 0 Å². The molecule has 3 heterocycles. The average molecular weight is 378 g/mol. The summed E-state index contributed by atoms with van der Waals surface area (Å²) in [7, 11) is 0. The van der Waals surface area contributed by atoms with E-state index in [-0.39, 0.29) is 24.4 Å². The highest BCUT2D eigenvalue weighted by atomic mass is 35.5. The van der Waals surface area contributed by atoms with Gasteiger partial charge in [-0.1, -0.05) is 23.4 Å². The van der Waals surface area contributed by atoms with Crippen molar-refractivity contribution in [2.75, 3.05) is 19.7 Å². The summed E-state index contributed by atoms with van der Waals surface area (Å²) in [6, 6.07) is 8.21. The van der Waals surface area contributed by atoms with Crippen LogP contribution >= 0.6 is 12.4 Å². The van der Waals surface area contributed by atoms with Crippen molar-refractivity contribution in [3.05, 3.63) is 41.2 Å². The third kappa shape index (κ3) is 3.68. The molecule has 4 rings (SSSR count). The van der Waals surface area contributed by atoms with Gasteiger partial charge in [0.2, 0.25) is 0 Å². The van der Waals surface area contributed by atoms with Crippen molar-refractivity contribution in [2.45, 2.75) is 38.3 Å². The SMILES string of the molecule is Cc1c(C(=O)NC2COc3ccccc3C2)nnn1C1CCNCC1.Cl. The third-order valence-corrected chi connectivity index (χ3v) is 5.01. The molecule has 2 N–H and O–H groups in total. The summed E-state index contributed by atoms with van der Waals surface area (Å²) in [5, 5.41) is 14.8. The van der Waals surface area contributed by atoms with Crippen LogP contribution < -0.4 is 15.4 Å². The predicted octanol–water partition coefficient (Wildman–Crippen LogP) is 1.67. The van der Waals surface area contributed by atoms with Gasteiger partial charge >= 0.3 is 0 Å². The van der Waals surface area contributed by atoms with E-state index in [4.69, 9.17) is 4.74 Å². The lowest BCUT2D eigenvalue weighted by Crippen LogP contribution is -2.43. The van der Waals surface area contributed by atoms with Crippen LogP contribution in [-0.4, -0.2) is 46.6 Å². The summed E-state index contributed by atoms with van der Waals surface area (Å²) in [4.78, 5) is 12.6. The second-order valence-corrected chi connectivity index (χ2v) is 6.74. The van der Waals surface area contributed by atoms with E-state index in [1.54, 1.807) is 0 Å². The van der Waals surface area contributed by atoms with Gasteiger partial charge in [-0.3, -0.25) is 4.79 Å². The highest BCUT2D eigenvalue weighted by Crippen LogP contribution is 2.24. The van der Waals surface area contributed by atoms with E-state index in [0.29, 0.717) is 18.3 Å². The van der Waals surface area contributed by atoms with Gasteiger partial charge in [0, 0.05) is 0 Å². The Morgan fingerprint density at radius 1 is 1.31 bits per heavy atom. The fraction of sp³-hybridized carbons (Fsp3) is 0.500. The van der Waals surface area contributed by atoms with Crippen LogP contribution in [0.15, 0.2) is 24.3 Å². The van der Waals surface area contributed by atoms with Gasteiger partial charge in [0.05, 0.1) is 17.8 Å². The molecular weight excluding hydrogens is 354 g/mol. The molecule has 0 bridgehead atoms. The third-order valence-electron chi connectivity index (χ3n) is 5.01. The van der Waals surface area contributed by atoms with Gasteiger partial charge in [0.25, 0.3) is 5.91 Å². The van der Waals surface area contributed by atoms with E-state index in [1.807, 2.05) is 35.9 Å². The predicted molar refractivity (Wildman–Crippen MR) is 100 cm³/mol. The van der Waals surface area contributed by atoms with Crippen molar-refractivity contribution in [2.24, 2.45) is 0 Å². The maximum atomic E-state index is 12.6. The first kappa shape index (κ1) is 18.7. The minimum absolute atomic E-state index is 0. The van der Waals surface area contributed by atoms with Crippen molar-refractivity contribution in [3.63, 3.8) is 0 Å². The van der Waals surface area contributed by atoms with Crippen LogP contribution in [0.1, 0.15) is 40.6 Å². The zero-order valence-corrected chi connectivity index (χ0v) is 15.6. The highest BCUT2D eigenvalue weighted by Gasteiger charge is 2.26. The molecule has 8 heteroatoms. The number of ether oxygens (including phenoxy) is 1. The summed E-state index contributed by atoms with van der Waals surface area (Å²) in [6.45, 7) is 4.35. The summed E-state index contributed by atoms with van der Waals surface area (Å²) in [6.07, 6.45) is 2.79. The zero-order valence-electron chi connectivity index (χ0n) is 14.8. The van der Waals surface area contributed by atoms with Gasteiger partial charge in [-0.15, -0.1) is 17.5 Å². The topological polar surface area (TPSA) is 81.1 Å². The Balaban J connectivity index is 0.00000196. The fourth-order valence-electron chi connectivity index (χ4n) is 3.62. The largest absolute Gasteiger partial charge is 0.491 e. The first-order valence-electron chi connectivity index (χ1n) is 8.86. The molecule has 1 fully saturated rings. The number of carbonyl (C=O) groups is 1. The lowest BCUT2D eigenvalue weighted by Gasteiger charge is -2.26. The molecule has 26 heavy (non-hydrogen) atoms. The molecule has 2 aromatic rings. The van der Waals surface area contributed by atoms with Gasteiger partial charge < -0.3 is 15.4 Å². The smallest absolute Gasteiger partial charge is 0.274 e. The van der Waals surface area contributed by atoms with Crippen molar-refractivity contribution in [1.29, 1.82) is 0 Å². The van der Waals surface area contributed by atoms with E-state index in [2.05, 4.69) is 20.9 Å². The van der Waals surface area contributed by atoms with Gasteiger partial charge in [0.15, 0.2) is 5.69 Å². The maximum Gasteiger partial charge on any atom is 0.274 e. The Bertz CT molecular complexity index is 773. The van der Waals surface area contributed by atoms with Crippen molar-refractivity contribution in [1.82, 2.24) is 25.6 Å². The molecule has 0 saturated carbocycles. The Kier molecular flexibility index (Phi) is 5.78. The second-order valence-electron chi connectivity index (χ2n) is 6.74. The summed E-state index contributed by atoms with van der Waals surface area (Å²) in [5.41, 5.74) is 2.37. The molecule has 1 amide bonds. The van der Waals surface area contributed by atoms with Crippen LogP contribution in [0.2, 0.25) is 0 Å². The number of nitrogens with zero attached hydrogens (tertiary/aromatic N) is 3. The highest BCUT2D eigenvalue weighted by molar-refractivity contribution is 5.93. The molecule has 1 unspecified atom stereocenters. The molecule has 7 nitrogen and oxygen atoms in total. The minimum Gasteiger partial charge on any atom is -0.491 e. The maximum absolute atomic E-state index is 12.6. The number of hydrogen-bond acceptors (Lipinski definition) is 5. The van der Waals surface area contributed by atoms with Gasteiger partial charge in [0.1, 0.15) is 12.4 Å². The molecule has 1 aromatic heterocycles. The first-order chi connectivity index (χ1) is 12.2. The molecular formula is C18H24ClN5O2. The normalized spacial score (nSPS) is 19.8. The molecule has 1 saturated heterocycles. The molecule has 2 aliphatic rings. The summed E-state index contributed by atoms with van der Waals surface area (Å²) in [5.74, 6) is 0.728. The van der Waals surface area contributed by atoms with E-state index < -0.39 is 0 Å². The number of rotatable bonds is 3. The number of fused-ring (bicyclic) bond motifs is 1. The number of benzene rings is 1. The van der Waals surface area contributed by atoms with Crippen molar-refractivity contribution >= 4 is 18.3 Å². The van der Waals surface area contributed by atoms with E-state index >= 15 is 0 Å². The number of aromatic nitrogens is 3. The van der Waals surface area contributed by atoms with E-state index in [9.17, 15) is 4.79 Å². The number of halogens is 1. The van der Waals surface area contributed by atoms with Crippen LogP contribution in [0.3, 0.4) is 0 Å². The molecule has 140 valence electrons. The zero-order chi connectivity index (χ0) is 17.2. The van der Waals surface area contributed by atoms with Gasteiger partial charge in [-0.05, 0) is 50.9 Å². The number of para-hydroxylation sites is 1. The Hall–Kier alpha value is -2.12. The molecule has 2 aliphatic heterocycles. The summed E-state index contributed by atoms with van der Waals surface area (Å²) < 4.78 is 7.65. The summed E-state index contributed by atoms with van der Waals surface area (Å²) >= 11 is 0. The number of piperidine rings is 1. The molecule has 0 aliphatic carbocycles. The number of hydrogen-bond donors (Lipinski definition) is 2. The lowest BCUT2D eigenvalue weighted by molar-refractivity contribution is 0.0909. The van der Waals surface area contributed by atoms with Crippen LogP contribution in [-0.2, 0) is 6.42 Å². The van der Waals surface area contributed by atoms with Crippen LogP contribution in [0.5, 0.6) is 5.75 Å². The number of carbonyl (C=O) groups excluding carboxylic acids is 1. The van der Waals surface area contributed by atoms with E-state index in [1.165, 1.54) is 0 Å².